The first-order chi connectivity index (χ1) is 24.8. The Bertz CT molecular complexity index is 2860. The predicted octanol–water partition coefficient (Wildman–Crippen LogP) is 12.5. The highest BCUT2D eigenvalue weighted by molar-refractivity contribution is 7.25. The van der Waals surface area contributed by atoms with Crippen molar-refractivity contribution in [1.82, 2.24) is 15.0 Å². The third kappa shape index (κ3) is 4.79. The average molecular weight is 658 g/mol. The molecule has 3 heterocycles. The number of fused-ring (bicyclic) bond motifs is 6. The lowest BCUT2D eigenvalue weighted by molar-refractivity contribution is 0.669. The highest BCUT2D eigenvalue weighted by Crippen LogP contribution is 2.41. The zero-order chi connectivity index (χ0) is 33.0. The number of aromatic nitrogens is 3. The maximum Gasteiger partial charge on any atom is 0.167 e. The van der Waals surface area contributed by atoms with Crippen LogP contribution in [0.2, 0.25) is 0 Å². The van der Waals surface area contributed by atoms with E-state index in [1.807, 2.05) is 24.3 Å². The van der Waals surface area contributed by atoms with Crippen LogP contribution in [-0.2, 0) is 0 Å². The average Bonchev–Trinajstić information content (AvgIpc) is 3.77. The van der Waals surface area contributed by atoms with E-state index in [4.69, 9.17) is 19.4 Å². The van der Waals surface area contributed by atoms with Crippen LogP contribution in [-0.4, -0.2) is 15.0 Å². The number of rotatable bonds is 5. The molecule has 7 aromatic carbocycles. The Kier molecular flexibility index (Phi) is 6.64. The monoisotopic (exact) mass is 657 g/mol. The van der Waals surface area contributed by atoms with Crippen molar-refractivity contribution in [2.45, 2.75) is 0 Å². The van der Waals surface area contributed by atoms with Crippen LogP contribution in [0.15, 0.2) is 168 Å². The van der Waals surface area contributed by atoms with Crippen LogP contribution in [0.1, 0.15) is 0 Å². The van der Waals surface area contributed by atoms with Gasteiger partial charge in [0.25, 0.3) is 0 Å². The molecule has 0 spiro atoms. The Morgan fingerprint density at radius 1 is 0.380 bits per heavy atom. The van der Waals surface area contributed by atoms with Gasteiger partial charge >= 0.3 is 0 Å². The van der Waals surface area contributed by atoms with E-state index in [0.717, 1.165) is 55.3 Å². The van der Waals surface area contributed by atoms with Gasteiger partial charge in [-0.05, 0) is 58.7 Å². The molecule has 10 aromatic rings. The summed E-state index contributed by atoms with van der Waals surface area (Å²) in [6, 6.07) is 56.8. The molecule has 0 bridgehead atoms. The molecule has 10 rings (SSSR count). The summed E-state index contributed by atoms with van der Waals surface area (Å²) in [7, 11) is 0. The van der Waals surface area contributed by atoms with Gasteiger partial charge < -0.3 is 4.42 Å². The minimum Gasteiger partial charge on any atom is -0.455 e. The fourth-order valence-electron chi connectivity index (χ4n) is 6.94. The predicted molar refractivity (Wildman–Crippen MR) is 207 cm³/mol. The number of nitrogens with zero attached hydrogens (tertiary/aromatic N) is 3. The molecule has 50 heavy (non-hydrogen) atoms. The van der Waals surface area contributed by atoms with Crippen molar-refractivity contribution in [1.29, 1.82) is 0 Å². The summed E-state index contributed by atoms with van der Waals surface area (Å²) in [5, 5.41) is 4.54. The summed E-state index contributed by atoms with van der Waals surface area (Å²) < 4.78 is 9.16. The molecular weight excluding hydrogens is 631 g/mol. The lowest BCUT2D eigenvalue weighted by Gasteiger charge is -2.10. The van der Waals surface area contributed by atoms with Gasteiger partial charge in [-0.2, -0.15) is 0 Å². The van der Waals surface area contributed by atoms with E-state index in [9.17, 15) is 0 Å². The Morgan fingerprint density at radius 3 is 1.78 bits per heavy atom. The van der Waals surface area contributed by atoms with Gasteiger partial charge in [-0.3, -0.25) is 0 Å². The molecule has 0 amide bonds. The first-order valence-corrected chi connectivity index (χ1v) is 17.4. The number of hydrogen-bond acceptors (Lipinski definition) is 5. The standard InChI is InChI=1S/C45H27N3OS/c1-3-11-28(12-4-1)29-21-23-31(24-22-29)43-46-44(32-25-26-40-37(27-32)34-15-7-8-20-39(34)50-40)48-45(47-43)36-18-9-17-35-41-33(30-13-5-2-6-14-30)16-10-19-38(41)49-42(35)36/h1-27H. The van der Waals surface area contributed by atoms with E-state index in [0.29, 0.717) is 17.5 Å². The first-order valence-electron chi connectivity index (χ1n) is 16.6. The Morgan fingerprint density at radius 2 is 0.960 bits per heavy atom. The molecule has 0 aliphatic carbocycles. The molecule has 0 saturated heterocycles. The minimum absolute atomic E-state index is 0.568. The summed E-state index contributed by atoms with van der Waals surface area (Å²) in [4.78, 5) is 15.4. The van der Waals surface area contributed by atoms with Crippen molar-refractivity contribution in [2.24, 2.45) is 0 Å². The van der Waals surface area contributed by atoms with E-state index < -0.39 is 0 Å². The maximum atomic E-state index is 6.65. The lowest BCUT2D eigenvalue weighted by Crippen LogP contribution is -2.00. The van der Waals surface area contributed by atoms with Gasteiger partial charge in [-0.1, -0.05) is 127 Å². The van der Waals surface area contributed by atoms with Crippen LogP contribution in [0.3, 0.4) is 0 Å². The molecule has 0 N–H and O–H groups in total. The molecule has 4 nitrogen and oxygen atoms in total. The molecule has 5 heteroatoms. The number of para-hydroxylation sites is 1. The van der Waals surface area contributed by atoms with Crippen molar-refractivity contribution in [3.8, 4) is 56.4 Å². The molecular formula is C45H27N3OS. The number of thiophene rings is 1. The zero-order valence-electron chi connectivity index (χ0n) is 26.7. The van der Waals surface area contributed by atoms with Crippen LogP contribution in [0.25, 0.3) is 98.5 Å². The topological polar surface area (TPSA) is 51.8 Å². The minimum atomic E-state index is 0.568. The van der Waals surface area contributed by atoms with E-state index in [1.54, 1.807) is 11.3 Å². The van der Waals surface area contributed by atoms with E-state index in [-0.39, 0.29) is 0 Å². The highest BCUT2D eigenvalue weighted by atomic mass is 32.1. The lowest BCUT2D eigenvalue weighted by atomic mass is 9.99. The second kappa shape index (κ2) is 11.6. The second-order valence-corrected chi connectivity index (χ2v) is 13.5. The third-order valence-corrected chi connectivity index (χ3v) is 10.5. The molecule has 0 aliphatic heterocycles. The van der Waals surface area contributed by atoms with Crippen molar-refractivity contribution in [3.05, 3.63) is 164 Å². The SMILES string of the molecule is c1ccc(-c2ccc(-c3nc(-c4ccc5sc6ccccc6c5c4)nc(-c4cccc5c4oc4cccc(-c6ccccc6)c45)n3)cc2)cc1. The quantitative estimate of drug-likeness (QED) is 0.185. The molecule has 0 unspecified atom stereocenters. The zero-order valence-corrected chi connectivity index (χ0v) is 27.6. The van der Waals surface area contributed by atoms with Gasteiger partial charge in [0.05, 0.1) is 5.56 Å². The summed E-state index contributed by atoms with van der Waals surface area (Å²) in [5.41, 5.74) is 8.85. The number of hydrogen-bond donors (Lipinski definition) is 0. The summed E-state index contributed by atoms with van der Waals surface area (Å²) in [6.07, 6.45) is 0. The van der Waals surface area contributed by atoms with Gasteiger partial charge in [0.2, 0.25) is 0 Å². The second-order valence-electron chi connectivity index (χ2n) is 12.4. The third-order valence-electron chi connectivity index (χ3n) is 9.37. The summed E-state index contributed by atoms with van der Waals surface area (Å²) in [6.45, 7) is 0. The van der Waals surface area contributed by atoms with Gasteiger partial charge in [-0.25, -0.2) is 15.0 Å². The van der Waals surface area contributed by atoms with Crippen LogP contribution in [0, 0.1) is 0 Å². The Hall–Kier alpha value is -6.43. The number of furan rings is 1. The van der Waals surface area contributed by atoms with E-state index in [2.05, 4.69) is 140 Å². The molecule has 3 aromatic heterocycles. The first kappa shape index (κ1) is 28.6. The molecule has 0 saturated carbocycles. The molecule has 0 radical (unpaired) electrons. The van der Waals surface area contributed by atoms with Gasteiger partial charge in [0, 0.05) is 42.1 Å². The fourth-order valence-corrected chi connectivity index (χ4v) is 8.03. The molecule has 0 fully saturated rings. The van der Waals surface area contributed by atoms with Crippen LogP contribution < -0.4 is 0 Å². The molecule has 0 aliphatic rings. The van der Waals surface area contributed by atoms with Gasteiger partial charge in [0.1, 0.15) is 11.2 Å². The number of benzene rings is 7. The maximum absolute atomic E-state index is 6.65. The summed E-state index contributed by atoms with van der Waals surface area (Å²) in [5.74, 6) is 1.80. The Labute approximate surface area is 292 Å². The van der Waals surface area contributed by atoms with Crippen LogP contribution in [0.4, 0.5) is 0 Å². The molecule has 234 valence electrons. The Balaban J connectivity index is 1.18. The van der Waals surface area contributed by atoms with Crippen LogP contribution >= 0.6 is 11.3 Å². The van der Waals surface area contributed by atoms with E-state index in [1.165, 1.54) is 25.7 Å². The highest BCUT2D eigenvalue weighted by Gasteiger charge is 2.20. The van der Waals surface area contributed by atoms with Crippen molar-refractivity contribution in [2.75, 3.05) is 0 Å². The van der Waals surface area contributed by atoms with Crippen molar-refractivity contribution < 1.29 is 4.42 Å². The summed E-state index contributed by atoms with van der Waals surface area (Å²) >= 11 is 1.80. The fraction of sp³-hybridized carbons (Fsp3) is 0. The van der Waals surface area contributed by atoms with Gasteiger partial charge in [0.15, 0.2) is 17.5 Å². The normalized spacial score (nSPS) is 11.6. The smallest absolute Gasteiger partial charge is 0.167 e. The van der Waals surface area contributed by atoms with E-state index >= 15 is 0 Å². The largest absolute Gasteiger partial charge is 0.455 e. The van der Waals surface area contributed by atoms with Gasteiger partial charge in [-0.15, -0.1) is 11.3 Å². The molecule has 0 atom stereocenters. The van der Waals surface area contributed by atoms with Crippen LogP contribution in [0.5, 0.6) is 0 Å². The van der Waals surface area contributed by atoms with Crippen molar-refractivity contribution in [3.63, 3.8) is 0 Å². The van der Waals surface area contributed by atoms with Crippen molar-refractivity contribution >= 4 is 53.4 Å².